The third-order valence-corrected chi connectivity index (χ3v) is 5.45. The molecule has 0 unspecified atom stereocenters. The van der Waals surface area contributed by atoms with Crippen molar-refractivity contribution in [2.75, 3.05) is 21.3 Å². The smallest absolute Gasteiger partial charge is 0.264 e. The van der Waals surface area contributed by atoms with Crippen molar-refractivity contribution in [1.29, 1.82) is 0 Å². The predicted molar refractivity (Wildman–Crippen MR) is 113 cm³/mol. The number of methoxy groups -OCH3 is 3. The first-order valence-electron chi connectivity index (χ1n) is 8.31. The zero-order valence-electron chi connectivity index (χ0n) is 15.8. The molecule has 0 bridgehead atoms. The van der Waals surface area contributed by atoms with Crippen molar-refractivity contribution >= 4 is 46.2 Å². The van der Waals surface area contributed by atoms with E-state index in [1.807, 2.05) is 19.1 Å². The number of carbonyl (C=O) groups excluding carboxylic acids is 1. The van der Waals surface area contributed by atoms with Gasteiger partial charge >= 0.3 is 0 Å². The van der Waals surface area contributed by atoms with E-state index >= 15 is 0 Å². The highest BCUT2D eigenvalue weighted by molar-refractivity contribution is 8.18. The van der Waals surface area contributed by atoms with Gasteiger partial charge in [-0.2, -0.15) is 0 Å². The number of nitrogens with zero attached hydrogens (tertiary/aromatic N) is 1. The maximum Gasteiger partial charge on any atom is 0.264 e. The Morgan fingerprint density at radius 1 is 1.07 bits per heavy atom. The highest BCUT2D eigenvalue weighted by atomic mass is 35.5. The Bertz CT molecular complexity index is 988. The zero-order valence-corrected chi connectivity index (χ0v) is 17.4. The Morgan fingerprint density at radius 3 is 2.43 bits per heavy atom. The largest absolute Gasteiger partial charge is 0.496 e. The van der Waals surface area contributed by atoms with Gasteiger partial charge in [0, 0.05) is 16.7 Å². The van der Waals surface area contributed by atoms with Crippen molar-refractivity contribution < 1.29 is 19.0 Å². The molecule has 1 fully saturated rings. The Kier molecular flexibility index (Phi) is 6.16. The van der Waals surface area contributed by atoms with E-state index in [-0.39, 0.29) is 5.91 Å². The standard InChI is InChI=1S/C20H19ClN2O4S/c1-11-13(21)6-5-7-14(11)22-20-23-19(24)18(28-20)9-12-8-16(26-3)17(27-4)10-15(12)25-2/h5-10H,1-4H3,(H,22,23,24)/b18-9-. The summed E-state index contributed by atoms with van der Waals surface area (Å²) in [5, 5.41) is 3.89. The molecule has 6 nitrogen and oxygen atoms in total. The molecule has 3 rings (SSSR count). The molecular formula is C20H19ClN2O4S. The minimum Gasteiger partial charge on any atom is -0.496 e. The van der Waals surface area contributed by atoms with Crippen LogP contribution < -0.4 is 19.5 Å². The van der Waals surface area contributed by atoms with Crippen molar-refractivity contribution in [2.24, 2.45) is 4.99 Å². The van der Waals surface area contributed by atoms with E-state index in [4.69, 9.17) is 25.8 Å². The van der Waals surface area contributed by atoms with Gasteiger partial charge in [0.15, 0.2) is 16.7 Å². The van der Waals surface area contributed by atoms with Gasteiger partial charge in [-0.3, -0.25) is 4.79 Å². The van der Waals surface area contributed by atoms with Crippen molar-refractivity contribution in [2.45, 2.75) is 6.92 Å². The predicted octanol–water partition coefficient (Wildman–Crippen LogP) is 4.57. The second kappa shape index (κ2) is 8.58. The average Bonchev–Trinajstić information content (AvgIpc) is 3.03. The maximum atomic E-state index is 12.4. The molecule has 2 aromatic carbocycles. The lowest BCUT2D eigenvalue weighted by Gasteiger charge is -2.12. The number of halogens is 1. The minimum absolute atomic E-state index is 0.236. The number of nitrogens with one attached hydrogen (secondary N) is 1. The van der Waals surface area contributed by atoms with Gasteiger partial charge in [0.1, 0.15) is 5.75 Å². The van der Waals surface area contributed by atoms with E-state index in [2.05, 4.69) is 10.3 Å². The molecule has 1 heterocycles. The first kappa shape index (κ1) is 20.1. The molecule has 0 atom stereocenters. The molecule has 8 heteroatoms. The van der Waals surface area contributed by atoms with Gasteiger partial charge in [0.2, 0.25) is 0 Å². The molecule has 2 aromatic rings. The summed E-state index contributed by atoms with van der Waals surface area (Å²) >= 11 is 7.39. The van der Waals surface area contributed by atoms with E-state index in [1.165, 1.54) is 11.8 Å². The van der Waals surface area contributed by atoms with E-state index in [9.17, 15) is 4.79 Å². The van der Waals surface area contributed by atoms with Crippen LogP contribution in [0.4, 0.5) is 5.69 Å². The Morgan fingerprint density at radius 2 is 1.75 bits per heavy atom. The number of amides is 1. The summed E-state index contributed by atoms with van der Waals surface area (Å²) in [6, 6.07) is 8.94. The van der Waals surface area contributed by atoms with Gasteiger partial charge in [0.05, 0.1) is 31.9 Å². The summed E-state index contributed by atoms with van der Waals surface area (Å²) in [4.78, 5) is 17.4. The number of hydrogen-bond donors (Lipinski definition) is 1. The zero-order chi connectivity index (χ0) is 20.3. The lowest BCUT2D eigenvalue weighted by atomic mass is 10.1. The van der Waals surface area contributed by atoms with Crippen LogP contribution in [0.2, 0.25) is 5.02 Å². The molecule has 1 amide bonds. The fraction of sp³-hybridized carbons (Fsp3) is 0.200. The number of rotatable bonds is 5. The fourth-order valence-corrected chi connectivity index (χ4v) is 3.61. The van der Waals surface area contributed by atoms with Crippen molar-refractivity contribution in [1.82, 2.24) is 5.32 Å². The highest BCUT2D eigenvalue weighted by Gasteiger charge is 2.25. The van der Waals surface area contributed by atoms with Gasteiger partial charge in [0.25, 0.3) is 5.91 Å². The van der Waals surface area contributed by atoms with Crippen LogP contribution in [0.5, 0.6) is 17.2 Å². The number of carbonyl (C=O) groups is 1. The van der Waals surface area contributed by atoms with E-state index in [0.717, 1.165) is 5.56 Å². The first-order valence-corrected chi connectivity index (χ1v) is 9.51. The van der Waals surface area contributed by atoms with Crippen molar-refractivity contribution in [3.63, 3.8) is 0 Å². The second-order valence-corrected chi connectivity index (χ2v) is 7.25. The molecular weight excluding hydrogens is 400 g/mol. The molecule has 1 aliphatic heterocycles. The summed E-state index contributed by atoms with van der Waals surface area (Å²) in [5.41, 5.74) is 2.25. The topological polar surface area (TPSA) is 69.2 Å². The SMILES string of the molecule is COc1cc(OC)c(OC)cc1/C=C1\SC(=Nc2cccc(Cl)c2C)NC1=O. The van der Waals surface area contributed by atoms with Gasteiger partial charge in [-0.1, -0.05) is 17.7 Å². The van der Waals surface area contributed by atoms with Crippen LogP contribution in [0, 0.1) is 6.92 Å². The number of amidine groups is 1. The Labute approximate surface area is 172 Å². The average molecular weight is 419 g/mol. The molecule has 1 N–H and O–H groups in total. The van der Waals surface area contributed by atoms with Gasteiger partial charge in [-0.15, -0.1) is 0 Å². The minimum atomic E-state index is -0.236. The molecule has 0 aromatic heterocycles. The fourth-order valence-electron chi connectivity index (χ4n) is 2.61. The van der Waals surface area contributed by atoms with Gasteiger partial charge in [-0.25, -0.2) is 4.99 Å². The van der Waals surface area contributed by atoms with E-state index in [0.29, 0.717) is 43.6 Å². The van der Waals surface area contributed by atoms with Crippen LogP contribution in [0.1, 0.15) is 11.1 Å². The summed E-state index contributed by atoms with van der Waals surface area (Å²) < 4.78 is 16.0. The van der Waals surface area contributed by atoms with Crippen LogP contribution in [0.15, 0.2) is 40.2 Å². The maximum absolute atomic E-state index is 12.4. The lowest BCUT2D eigenvalue weighted by molar-refractivity contribution is -0.115. The molecule has 28 heavy (non-hydrogen) atoms. The molecule has 0 saturated carbocycles. The number of benzene rings is 2. The second-order valence-electron chi connectivity index (χ2n) is 5.81. The Hall–Kier alpha value is -2.64. The monoisotopic (exact) mass is 418 g/mol. The number of aliphatic imine (C=N–C) groups is 1. The third kappa shape index (κ3) is 4.10. The third-order valence-electron chi connectivity index (χ3n) is 4.13. The van der Waals surface area contributed by atoms with Crippen LogP contribution in [0.3, 0.4) is 0 Å². The molecule has 1 aliphatic rings. The first-order chi connectivity index (χ1) is 13.5. The molecule has 0 aliphatic carbocycles. The van der Waals surface area contributed by atoms with Crippen LogP contribution in [0.25, 0.3) is 6.08 Å². The number of hydrogen-bond acceptors (Lipinski definition) is 6. The normalized spacial score (nSPS) is 16.4. The van der Waals surface area contributed by atoms with Crippen molar-refractivity contribution in [3.8, 4) is 17.2 Å². The van der Waals surface area contributed by atoms with E-state index < -0.39 is 0 Å². The molecule has 1 saturated heterocycles. The Balaban J connectivity index is 1.95. The molecule has 0 radical (unpaired) electrons. The van der Waals surface area contributed by atoms with Gasteiger partial charge < -0.3 is 19.5 Å². The number of ether oxygens (including phenoxy) is 3. The lowest BCUT2D eigenvalue weighted by Crippen LogP contribution is -2.19. The molecule has 146 valence electrons. The summed E-state index contributed by atoms with van der Waals surface area (Å²) in [7, 11) is 4.66. The van der Waals surface area contributed by atoms with Crippen LogP contribution >= 0.6 is 23.4 Å². The van der Waals surface area contributed by atoms with Crippen molar-refractivity contribution in [3.05, 3.63) is 51.4 Å². The summed E-state index contributed by atoms with van der Waals surface area (Å²) in [5.74, 6) is 1.42. The summed E-state index contributed by atoms with van der Waals surface area (Å²) in [6.07, 6.45) is 1.73. The number of thioether (sulfide) groups is 1. The van der Waals surface area contributed by atoms with Crippen LogP contribution in [-0.2, 0) is 4.79 Å². The summed E-state index contributed by atoms with van der Waals surface area (Å²) in [6.45, 7) is 1.88. The highest BCUT2D eigenvalue weighted by Crippen LogP contribution is 2.38. The van der Waals surface area contributed by atoms with Crippen LogP contribution in [-0.4, -0.2) is 32.4 Å². The van der Waals surface area contributed by atoms with Gasteiger partial charge in [-0.05, 0) is 48.5 Å². The quantitative estimate of drug-likeness (QED) is 0.720. The van der Waals surface area contributed by atoms with E-state index in [1.54, 1.807) is 45.6 Å². The molecule has 0 spiro atoms.